The molecule has 0 spiro atoms. The lowest BCUT2D eigenvalue weighted by molar-refractivity contribution is 0.121. The summed E-state index contributed by atoms with van der Waals surface area (Å²) < 4.78 is 5.68. The van der Waals surface area contributed by atoms with Crippen LogP contribution in [0.4, 0.5) is 0 Å². The first kappa shape index (κ1) is 24.6. The maximum absolute atomic E-state index is 5.68. The number of rotatable bonds is 12. The summed E-state index contributed by atoms with van der Waals surface area (Å²) in [7, 11) is 0. The summed E-state index contributed by atoms with van der Waals surface area (Å²) in [5, 5.41) is 0. The Kier molecular flexibility index (Phi) is 10.2. The molecular formula is C30H48O. The van der Waals surface area contributed by atoms with E-state index in [1.54, 1.807) is 0 Å². The van der Waals surface area contributed by atoms with Crippen LogP contribution in [0.5, 0.6) is 0 Å². The molecular weight excluding hydrogens is 376 g/mol. The van der Waals surface area contributed by atoms with E-state index in [0.717, 1.165) is 37.4 Å². The summed E-state index contributed by atoms with van der Waals surface area (Å²) in [6.45, 7) is 10.4. The number of benzene rings is 1. The summed E-state index contributed by atoms with van der Waals surface area (Å²) in [5.41, 5.74) is 3.30. The van der Waals surface area contributed by atoms with Gasteiger partial charge in [-0.25, -0.2) is 0 Å². The highest BCUT2D eigenvalue weighted by Crippen LogP contribution is 2.44. The van der Waals surface area contributed by atoms with E-state index in [9.17, 15) is 0 Å². The first-order valence-corrected chi connectivity index (χ1v) is 13.5. The van der Waals surface area contributed by atoms with Crippen LogP contribution in [0.3, 0.4) is 0 Å². The molecule has 1 heteroatoms. The van der Waals surface area contributed by atoms with Gasteiger partial charge in [0.2, 0.25) is 0 Å². The Hall–Kier alpha value is -1.08. The molecule has 2 aliphatic carbocycles. The van der Waals surface area contributed by atoms with E-state index in [1.165, 1.54) is 94.6 Å². The summed E-state index contributed by atoms with van der Waals surface area (Å²) in [6, 6.07) is 9.24. The highest BCUT2D eigenvalue weighted by molar-refractivity contribution is 5.22. The van der Waals surface area contributed by atoms with Gasteiger partial charge in [0.1, 0.15) is 0 Å². The van der Waals surface area contributed by atoms with Crippen molar-refractivity contribution in [2.45, 2.75) is 110 Å². The number of ether oxygens (including phenoxy) is 1. The Bertz CT molecular complexity index is 616. The minimum Gasteiger partial charge on any atom is -0.377 e. The Labute approximate surface area is 193 Å². The SMILES string of the molecule is C=CC1(CCC2CCC(C(CC)Cc3ccc(COCCC)cc3)CC2)CCCCC1. The molecule has 2 saturated carbocycles. The van der Waals surface area contributed by atoms with E-state index in [1.807, 2.05) is 0 Å². The fraction of sp³-hybridized carbons (Fsp3) is 0.733. The molecule has 0 bridgehead atoms. The van der Waals surface area contributed by atoms with E-state index in [4.69, 9.17) is 4.74 Å². The van der Waals surface area contributed by atoms with Crippen molar-refractivity contribution in [2.24, 2.45) is 23.2 Å². The van der Waals surface area contributed by atoms with Gasteiger partial charge >= 0.3 is 0 Å². The molecule has 1 aromatic carbocycles. The van der Waals surface area contributed by atoms with Gasteiger partial charge in [-0.2, -0.15) is 0 Å². The Morgan fingerprint density at radius 1 is 1.00 bits per heavy atom. The lowest BCUT2D eigenvalue weighted by Gasteiger charge is -2.38. The molecule has 0 saturated heterocycles. The van der Waals surface area contributed by atoms with Gasteiger partial charge in [0.15, 0.2) is 0 Å². The third-order valence-electron chi connectivity index (χ3n) is 8.55. The molecule has 2 aliphatic rings. The summed E-state index contributed by atoms with van der Waals surface area (Å²) in [6.07, 6.45) is 21.7. The topological polar surface area (TPSA) is 9.23 Å². The van der Waals surface area contributed by atoms with Crippen molar-refractivity contribution in [3.8, 4) is 0 Å². The van der Waals surface area contributed by atoms with Crippen molar-refractivity contribution < 1.29 is 4.74 Å². The molecule has 3 rings (SSSR count). The molecule has 0 amide bonds. The van der Waals surface area contributed by atoms with Gasteiger partial charge in [-0.1, -0.05) is 82.7 Å². The van der Waals surface area contributed by atoms with Crippen LogP contribution in [0.1, 0.15) is 108 Å². The largest absolute Gasteiger partial charge is 0.377 e. The molecule has 174 valence electrons. The van der Waals surface area contributed by atoms with Crippen molar-refractivity contribution in [1.82, 2.24) is 0 Å². The molecule has 1 aromatic rings. The monoisotopic (exact) mass is 424 g/mol. The van der Waals surface area contributed by atoms with Gasteiger partial charge in [-0.15, -0.1) is 6.58 Å². The Morgan fingerprint density at radius 2 is 1.68 bits per heavy atom. The van der Waals surface area contributed by atoms with Crippen molar-refractivity contribution in [3.05, 3.63) is 48.0 Å². The van der Waals surface area contributed by atoms with Crippen molar-refractivity contribution in [3.63, 3.8) is 0 Å². The third kappa shape index (κ3) is 7.48. The predicted octanol–water partition coefficient (Wildman–Crippen LogP) is 8.91. The van der Waals surface area contributed by atoms with Gasteiger partial charge in [0, 0.05) is 6.61 Å². The van der Waals surface area contributed by atoms with Crippen molar-refractivity contribution in [1.29, 1.82) is 0 Å². The molecule has 1 unspecified atom stereocenters. The van der Waals surface area contributed by atoms with E-state index in [-0.39, 0.29) is 0 Å². The smallest absolute Gasteiger partial charge is 0.0716 e. The minimum atomic E-state index is 0.481. The maximum Gasteiger partial charge on any atom is 0.0716 e. The van der Waals surface area contributed by atoms with Gasteiger partial charge in [-0.3, -0.25) is 0 Å². The standard InChI is InChI=1S/C30H48O/c1-4-22-31-24-27-12-10-26(11-13-27)23-28(5-2)29-16-14-25(15-17-29)18-21-30(6-3)19-8-7-9-20-30/h6,10-13,25,28-29H,3-5,7-9,14-24H2,1-2H3. The number of allylic oxidation sites excluding steroid dienone is 1. The zero-order valence-corrected chi connectivity index (χ0v) is 20.5. The van der Waals surface area contributed by atoms with E-state index < -0.39 is 0 Å². The maximum atomic E-state index is 5.68. The molecule has 0 heterocycles. The summed E-state index contributed by atoms with van der Waals surface area (Å²) in [4.78, 5) is 0. The van der Waals surface area contributed by atoms with E-state index in [0.29, 0.717) is 5.41 Å². The molecule has 31 heavy (non-hydrogen) atoms. The minimum absolute atomic E-state index is 0.481. The van der Waals surface area contributed by atoms with Gasteiger partial charge in [0.25, 0.3) is 0 Å². The molecule has 0 aliphatic heterocycles. The predicted molar refractivity (Wildman–Crippen MR) is 134 cm³/mol. The summed E-state index contributed by atoms with van der Waals surface area (Å²) >= 11 is 0. The van der Waals surface area contributed by atoms with Crippen LogP contribution >= 0.6 is 0 Å². The van der Waals surface area contributed by atoms with Crippen molar-refractivity contribution in [2.75, 3.05) is 6.61 Å². The second-order valence-electron chi connectivity index (χ2n) is 10.7. The highest BCUT2D eigenvalue weighted by atomic mass is 16.5. The second kappa shape index (κ2) is 12.8. The lowest BCUT2D eigenvalue weighted by Crippen LogP contribution is -2.26. The third-order valence-corrected chi connectivity index (χ3v) is 8.55. The fourth-order valence-electron chi connectivity index (χ4n) is 6.30. The Balaban J connectivity index is 1.42. The number of hydrogen-bond donors (Lipinski definition) is 0. The molecule has 2 fully saturated rings. The normalized spacial score (nSPS) is 24.6. The van der Waals surface area contributed by atoms with Gasteiger partial charge < -0.3 is 4.74 Å². The van der Waals surface area contributed by atoms with Gasteiger partial charge in [-0.05, 0) is 85.7 Å². The average molecular weight is 425 g/mol. The average Bonchev–Trinajstić information content (AvgIpc) is 2.83. The second-order valence-corrected chi connectivity index (χ2v) is 10.7. The zero-order valence-electron chi connectivity index (χ0n) is 20.5. The highest BCUT2D eigenvalue weighted by Gasteiger charge is 2.31. The number of hydrogen-bond acceptors (Lipinski definition) is 1. The van der Waals surface area contributed by atoms with Crippen molar-refractivity contribution >= 4 is 0 Å². The first-order chi connectivity index (χ1) is 15.2. The molecule has 0 N–H and O–H groups in total. The lowest BCUT2D eigenvalue weighted by atomic mass is 9.67. The first-order valence-electron chi connectivity index (χ1n) is 13.5. The van der Waals surface area contributed by atoms with Crippen LogP contribution in [0.25, 0.3) is 0 Å². The fourth-order valence-corrected chi connectivity index (χ4v) is 6.30. The quantitative estimate of drug-likeness (QED) is 0.240. The van der Waals surface area contributed by atoms with Crippen LogP contribution in [0.2, 0.25) is 0 Å². The molecule has 1 atom stereocenters. The molecule has 1 nitrogen and oxygen atoms in total. The van der Waals surface area contributed by atoms with Crippen LogP contribution in [0.15, 0.2) is 36.9 Å². The molecule has 0 aromatic heterocycles. The van der Waals surface area contributed by atoms with Crippen LogP contribution in [0, 0.1) is 23.2 Å². The van der Waals surface area contributed by atoms with E-state index >= 15 is 0 Å². The Morgan fingerprint density at radius 3 is 2.29 bits per heavy atom. The zero-order chi connectivity index (χ0) is 21.9. The van der Waals surface area contributed by atoms with Crippen LogP contribution in [-0.2, 0) is 17.8 Å². The summed E-state index contributed by atoms with van der Waals surface area (Å²) in [5.74, 6) is 2.74. The van der Waals surface area contributed by atoms with Crippen LogP contribution in [-0.4, -0.2) is 6.61 Å². The molecule has 0 radical (unpaired) electrons. The van der Waals surface area contributed by atoms with E-state index in [2.05, 4.69) is 50.8 Å². The van der Waals surface area contributed by atoms with Crippen LogP contribution < -0.4 is 0 Å². The van der Waals surface area contributed by atoms with Gasteiger partial charge in [0.05, 0.1) is 6.61 Å².